The molecule has 0 saturated carbocycles. The zero-order valence-electron chi connectivity index (χ0n) is 42.7. The predicted octanol–water partition coefficient (Wildman–Crippen LogP) is 6.38. The van der Waals surface area contributed by atoms with Gasteiger partial charge < -0.3 is 55.0 Å². The summed E-state index contributed by atoms with van der Waals surface area (Å²) in [4.78, 5) is 70.9. The van der Waals surface area contributed by atoms with Gasteiger partial charge in [-0.1, -0.05) is 72.8 Å². The molecule has 0 radical (unpaired) electrons. The number of hydrogen-bond donors (Lipinski definition) is 5. The second kappa shape index (κ2) is 31.2. The number of rotatable bonds is 20. The van der Waals surface area contributed by atoms with Crippen LogP contribution in [0.2, 0.25) is 0 Å². The van der Waals surface area contributed by atoms with Crippen LogP contribution in [0.5, 0.6) is 5.75 Å². The standard InChI is InChI=1S/C55H76N6O11/c1-55(2,3)72-54(66)59-28-14-12-22-43-21-11-13-27-56-50(62)44-23-15-24-45(48(44)70-39-41-17-7-5-8-18-41)51(63)57-29-31-61(33-34-68-37-38-69-36-35-67-4)32-30-58-52(64)46-25-16-26-47(53(65)60-43)49(46)71-40-42-19-9-6-10-20-42/h5-10,16-20,23,25-26,43H,11-15,21-22,24,27-40H2,1-4H3,(H,56,62)(H,57,63)(H,58,64)(H,59,66)(H,60,65). The Hall–Kier alpha value is -6.27. The average Bonchev–Trinajstić information content (AvgIpc) is 3.37. The molecule has 3 aromatic carbocycles. The van der Waals surface area contributed by atoms with E-state index in [4.69, 9.17) is 28.4 Å². The van der Waals surface area contributed by atoms with Crippen LogP contribution in [0.25, 0.3) is 0 Å². The summed E-state index contributed by atoms with van der Waals surface area (Å²) in [6, 6.07) is 23.8. The maximum absolute atomic E-state index is 14.4. The van der Waals surface area contributed by atoms with Crippen molar-refractivity contribution in [2.75, 3.05) is 86.0 Å². The summed E-state index contributed by atoms with van der Waals surface area (Å²) in [7, 11) is 1.62. The molecule has 1 aliphatic carbocycles. The van der Waals surface area contributed by atoms with Crippen molar-refractivity contribution in [3.8, 4) is 5.75 Å². The molecular weight excluding hydrogens is 921 g/mol. The number of benzene rings is 3. The Kier molecular flexibility index (Phi) is 24.6. The first-order chi connectivity index (χ1) is 34.9. The minimum atomic E-state index is -0.618. The van der Waals surface area contributed by atoms with Crippen molar-refractivity contribution < 1.29 is 52.4 Å². The number of para-hydroxylation sites is 1. The number of ether oxygens (including phenoxy) is 6. The van der Waals surface area contributed by atoms with E-state index in [9.17, 15) is 24.0 Å². The van der Waals surface area contributed by atoms with E-state index in [1.807, 2.05) is 87.5 Å². The van der Waals surface area contributed by atoms with Gasteiger partial charge in [-0.25, -0.2) is 4.79 Å². The first-order valence-electron chi connectivity index (χ1n) is 25.3. The third-order valence-corrected chi connectivity index (χ3v) is 11.8. The summed E-state index contributed by atoms with van der Waals surface area (Å²) in [6.07, 6.45) is 6.00. The number of alkyl carbamates (subject to hydrolysis) is 1. The number of fused-ring (bicyclic) bond motifs is 3. The first kappa shape index (κ1) is 56.6. The SMILES string of the molecule is COCCOCCOCCN1CCNC(=O)C2=C(OCc3ccccc3)C(=CCC2)C(=O)NCCCCC(CCCCNC(=O)OC(C)(C)C)NC(=O)c2cccc(c2OCc2ccccc2)C(=O)NCC1. The van der Waals surface area contributed by atoms with E-state index >= 15 is 0 Å². The molecule has 392 valence electrons. The van der Waals surface area contributed by atoms with Crippen molar-refractivity contribution in [2.45, 2.75) is 97.0 Å². The summed E-state index contributed by atoms with van der Waals surface area (Å²) in [5, 5.41) is 15.2. The van der Waals surface area contributed by atoms with Crippen LogP contribution in [0.3, 0.4) is 0 Å². The lowest BCUT2D eigenvalue weighted by molar-refractivity contribution is -0.118. The van der Waals surface area contributed by atoms with Crippen LogP contribution in [-0.4, -0.2) is 132 Å². The number of hydrogen-bond acceptors (Lipinski definition) is 12. The lowest BCUT2D eigenvalue weighted by Gasteiger charge is -2.24. The van der Waals surface area contributed by atoms with Gasteiger partial charge in [0.15, 0.2) is 0 Å². The molecule has 1 unspecified atom stereocenters. The van der Waals surface area contributed by atoms with E-state index in [0.717, 1.165) is 11.1 Å². The average molecular weight is 997 g/mol. The third-order valence-electron chi connectivity index (χ3n) is 11.8. The van der Waals surface area contributed by atoms with E-state index in [2.05, 4.69) is 31.5 Å². The largest absolute Gasteiger partial charge is 0.488 e. The summed E-state index contributed by atoms with van der Waals surface area (Å²) < 4.78 is 34.6. The van der Waals surface area contributed by atoms with Gasteiger partial charge in [-0.3, -0.25) is 24.1 Å². The maximum atomic E-state index is 14.4. The van der Waals surface area contributed by atoms with Crippen LogP contribution in [0.15, 0.2) is 102 Å². The van der Waals surface area contributed by atoms with Crippen LogP contribution < -0.4 is 31.3 Å². The lowest BCUT2D eigenvalue weighted by atomic mass is 9.95. The monoisotopic (exact) mass is 997 g/mol. The van der Waals surface area contributed by atoms with Crippen LogP contribution >= 0.6 is 0 Å². The van der Waals surface area contributed by atoms with Crippen LogP contribution in [0.4, 0.5) is 4.79 Å². The lowest BCUT2D eigenvalue weighted by Crippen LogP contribution is -2.41. The van der Waals surface area contributed by atoms with E-state index in [1.165, 1.54) is 0 Å². The van der Waals surface area contributed by atoms with Crippen molar-refractivity contribution in [1.82, 2.24) is 31.5 Å². The third kappa shape index (κ3) is 20.5. The number of nitrogens with one attached hydrogen (secondary N) is 5. The number of unbranched alkanes of at least 4 members (excludes halogenated alkanes) is 1. The minimum absolute atomic E-state index is 0.122. The minimum Gasteiger partial charge on any atom is -0.488 e. The summed E-state index contributed by atoms with van der Waals surface area (Å²) in [6.45, 7) is 10.4. The fourth-order valence-electron chi connectivity index (χ4n) is 8.05. The highest BCUT2D eigenvalue weighted by Gasteiger charge is 2.28. The van der Waals surface area contributed by atoms with E-state index < -0.39 is 17.6 Å². The molecule has 72 heavy (non-hydrogen) atoms. The number of allylic oxidation sites excluding steroid dienone is 1. The number of carbonyl (C=O) groups excluding carboxylic acids is 5. The smallest absolute Gasteiger partial charge is 0.407 e. The van der Waals surface area contributed by atoms with Gasteiger partial charge in [-0.15, -0.1) is 0 Å². The van der Waals surface area contributed by atoms with Gasteiger partial charge in [0.2, 0.25) is 0 Å². The quantitative estimate of drug-likeness (QED) is 0.0784. The highest BCUT2D eigenvalue weighted by Crippen LogP contribution is 2.29. The summed E-state index contributed by atoms with van der Waals surface area (Å²) >= 11 is 0. The van der Waals surface area contributed by atoms with Crippen molar-refractivity contribution in [2.24, 2.45) is 0 Å². The molecule has 3 aromatic rings. The Balaban J connectivity index is 1.39. The van der Waals surface area contributed by atoms with Crippen molar-refractivity contribution in [3.63, 3.8) is 0 Å². The Morgan fingerprint density at radius 1 is 0.694 bits per heavy atom. The van der Waals surface area contributed by atoms with E-state index in [1.54, 1.807) is 25.3 Å². The molecule has 1 heterocycles. The van der Waals surface area contributed by atoms with Crippen molar-refractivity contribution >= 4 is 29.7 Å². The second-order valence-electron chi connectivity index (χ2n) is 18.6. The Morgan fingerprint density at radius 3 is 2.00 bits per heavy atom. The van der Waals surface area contributed by atoms with Crippen LogP contribution in [0.1, 0.15) is 104 Å². The molecule has 4 bridgehead atoms. The van der Waals surface area contributed by atoms with E-state index in [-0.39, 0.29) is 72.7 Å². The van der Waals surface area contributed by atoms with E-state index in [0.29, 0.717) is 128 Å². The van der Waals surface area contributed by atoms with Gasteiger partial charge in [0.05, 0.1) is 55.3 Å². The zero-order valence-corrected chi connectivity index (χ0v) is 42.7. The molecule has 1 atom stereocenters. The normalized spacial score (nSPS) is 17.1. The number of methoxy groups -OCH3 is 1. The number of amides is 5. The van der Waals surface area contributed by atoms with Crippen LogP contribution in [-0.2, 0) is 46.5 Å². The molecule has 0 fully saturated rings. The topological polar surface area (TPSA) is 204 Å². The molecule has 0 spiro atoms. The molecular formula is C55H76N6O11. The molecule has 5 amide bonds. The Bertz CT molecular complexity index is 2230. The first-order valence-corrected chi connectivity index (χ1v) is 25.3. The van der Waals surface area contributed by atoms with Gasteiger partial charge in [-0.2, -0.15) is 0 Å². The molecule has 2 aliphatic rings. The maximum Gasteiger partial charge on any atom is 0.407 e. The van der Waals surface area contributed by atoms with Crippen LogP contribution in [0, 0.1) is 0 Å². The van der Waals surface area contributed by atoms with Gasteiger partial charge in [0.1, 0.15) is 30.3 Å². The molecule has 17 heteroatoms. The predicted molar refractivity (Wildman–Crippen MR) is 274 cm³/mol. The molecule has 0 saturated heterocycles. The summed E-state index contributed by atoms with van der Waals surface area (Å²) in [5.74, 6) is -1.03. The van der Waals surface area contributed by atoms with Gasteiger partial charge in [0, 0.05) is 59.0 Å². The Labute approximate surface area is 425 Å². The molecule has 0 aromatic heterocycles. The zero-order chi connectivity index (χ0) is 51.4. The van der Waals surface area contributed by atoms with Gasteiger partial charge >= 0.3 is 6.09 Å². The number of carbonyl (C=O) groups is 5. The second-order valence-corrected chi connectivity index (χ2v) is 18.6. The van der Waals surface area contributed by atoms with Gasteiger partial charge in [0.25, 0.3) is 23.6 Å². The van der Waals surface area contributed by atoms with Crippen molar-refractivity contribution in [1.29, 1.82) is 0 Å². The molecule has 1 aliphatic heterocycles. The van der Waals surface area contributed by atoms with Crippen molar-refractivity contribution in [3.05, 3.63) is 124 Å². The highest BCUT2D eigenvalue weighted by molar-refractivity contribution is 6.04. The molecule has 5 N–H and O–H groups in total. The summed E-state index contributed by atoms with van der Waals surface area (Å²) in [5.41, 5.74) is 2.28. The highest BCUT2D eigenvalue weighted by atomic mass is 16.6. The Morgan fingerprint density at radius 2 is 1.32 bits per heavy atom. The molecule has 5 rings (SSSR count). The molecule has 17 nitrogen and oxygen atoms in total. The van der Waals surface area contributed by atoms with Gasteiger partial charge in [-0.05, 0) is 95.4 Å². The fourth-order valence-corrected chi connectivity index (χ4v) is 8.05. The number of nitrogens with zero attached hydrogens (tertiary/aromatic N) is 1. The fraction of sp³-hybridized carbons (Fsp3) is 0.509.